The monoisotopic (exact) mass is 421 g/mol. The molecule has 1 aromatic rings. The van der Waals surface area contributed by atoms with E-state index in [0.29, 0.717) is 11.4 Å². The number of carbonyl (C=O) groups is 1. The van der Waals surface area contributed by atoms with Gasteiger partial charge in [0.1, 0.15) is 0 Å². The van der Waals surface area contributed by atoms with Crippen LogP contribution in [0.4, 0.5) is 0 Å². The summed E-state index contributed by atoms with van der Waals surface area (Å²) in [6.07, 6.45) is 4.15. The average molecular weight is 424 g/mol. The van der Waals surface area contributed by atoms with Crippen LogP contribution in [-0.4, -0.2) is 17.3 Å². The van der Waals surface area contributed by atoms with Gasteiger partial charge in [0.15, 0.2) is 0 Å². The summed E-state index contributed by atoms with van der Waals surface area (Å²) in [6.45, 7) is 2.26. The molecule has 0 radical (unpaired) electrons. The predicted molar refractivity (Wildman–Crippen MR) is 90.4 cm³/mol. The first kappa shape index (κ1) is 16.3. The maximum atomic E-state index is 12.5. The molecule has 5 heteroatoms. The Labute approximate surface area is 141 Å². The summed E-state index contributed by atoms with van der Waals surface area (Å²) in [4.78, 5) is 12.5. The second-order valence-electron chi connectivity index (χ2n) is 5.71. The zero-order valence-corrected chi connectivity index (χ0v) is 15.3. The minimum absolute atomic E-state index is 0.0535. The Kier molecular flexibility index (Phi) is 5.55. The van der Waals surface area contributed by atoms with Gasteiger partial charge in [0.05, 0.1) is 5.54 Å². The van der Waals surface area contributed by atoms with Crippen molar-refractivity contribution in [2.24, 2.45) is 5.92 Å². The summed E-state index contributed by atoms with van der Waals surface area (Å²) in [7, 11) is 0. The van der Waals surface area contributed by atoms with Crippen LogP contribution in [0.2, 0.25) is 0 Å². The molecule has 0 aromatic heterocycles. The maximum absolute atomic E-state index is 12.5. The number of alkyl halides is 1. The van der Waals surface area contributed by atoms with E-state index in [2.05, 4.69) is 44.1 Å². The zero-order valence-electron chi connectivity index (χ0n) is 11.4. The number of nitrogens with one attached hydrogen (secondary N) is 1. The van der Waals surface area contributed by atoms with Gasteiger partial charge in [-0.2, -0.15) is 0 Å². The lowest BCUT2D eigenvalue weighted by Gasteiger charge is -2.38. The molecule has 0 bridgehead atoms. The van der Waals surface area contributed by atoms with Crippen LogP contribution in [-0.2, 0) is 0 Å². The quantitative estimate of drug-likeness (QED) is 0.671. The summed E-state index contributed by atoms with van der Waals surface area (Å²) in [5.41, 5.74) is 0.398. The van der Waals surface area contributed by atoms with Crippen molar-refractivity contribution in [2.45, 2.75) is 38.1 Å². The van der Waals surface area contributed by atoms with E-state index < -0.39 is 0 Å². The summed E-state index contributed by atoms with van der Waals surface area (Å²) in [5, 5.41) is 3.16. The first-order valence-electron chi connectivity index (χ1n) is 6.79. The smallest absolute Gasteiger partial charge is 0.251 e. The van der Waals surface area contributed by atoms with Crippen LogP contribution in [0.5, 0.6) is 0 Å². The molecule has 1 saturated carbocycles. The van der Waals surface area contributed by atoms with Gasteiger partial charge < -0.3 is 5.32 Å². The molecule has 2 nitrogen and oxygen atoms in total. The van der Waals surface area contributed by atoms with E-state index in [-0.39, 0.29) is 11.4 Å². The second kappa shape index (κ2) is 6.80. The molecular formula is C15H18Br2ClNO. The summed E-state index contributed by atoms with van der Waals surface area (Å²) < 4.78 is 1.77. The van der Waals surface area contributed by atoms with Gasteiger partial charge in [0.2, 0.25) is 0 Å². The highest BCUT2D eigenvalue weighted by Gasteiger charge is 2.35. The van der Waals surface area contributed by atoms with Gasteiger partial charge in [-0.15, -0.1) is 11.6 Å². The molecule has 1 aromatic carbocycles. The van der Waals surface area contributed by atoms with E-state index in [1.54, 1.807) is 0 Å². The molecule has 1 N–H and O–H groups in total. The van der Waals surface area contributed by atoms with Gasteiger partial charge in [0.25, 0.3) is 5.91 Å². The minimum Gasteiger partial charge on any atom is -0.345 e. The molecular weight excluding hydrogens is 405 g/mol. The largest absolute Gasteiger partial charge is 0.345 e. The normalized spacial score (nSPS) is 26.3. The van der Waals surface area contributed by atoms with E-state index >= 15 is 0 Å². The average Bonchev–Trinajstić information content (AvgIpc) is 2.40. The van der Waals surface area contributed by atoms with Crippen LogP contribution in [0.1, 0.15) is 43.0 Å². The Morgan fingerprint density at radius 2 is 1.85 bits per heavy atom. The molecule has 1 fully saturated rings. The van der Waals surface area contributed by atoms with E-state index in [9.17, 15) is 4.79 Å². The number of rotatable bonds is 3. The third kappa shape index (κ3) is 3.99. The van der Waals surface area contributed by atoms with E-state index in [4.69, 9.17) is 11.6 Å². The Morgan fingerprint density at radius 1 is 1.30 bits per heavy atom. The van der Waals surface area contributed by atoms with Gasteiger partial charge in [-0.3, -0.25) is 4.79 Å². The van der Waals surface area contributed by atoms with E-state index in [0.717, 1.165) is 40.5 Å². The molecule has 0 spiro atoms. The maximum Gasteiger partial charge on any atom is 0.251 e. The minimum atomic E-state index is -0.250. The fourth-order valence-electron chi connectivity index (χ4n) is 2.60. The molecule has 1 aliphatic rings. The van der Waals surface area contributed by atoms with Crippen LogP contribution >= 0.6 is 43.5 Å². The lowest BCUT2D eigenvalue weighted by atomic mass is 9.78. The number of hydrogen-bond acceptors (Lipinski definition) is 1. The lowest BCUT2D eigenvalue weighted by Crippen LogP contribution is -2.52. The van der Waals surface area contributed by atoms with E-state index in [1.165, 1.54) is 0 Å². The number of halogens is 3. The Bertz CT molecular complexity index is 478. The SMILES string of the molecule is CC1CCC(CCl)(NC(=O)c2cc(Br)cc(Br)c2)CC1. The third-order valence-electron chi connectivity index (χ3n) is 3.99. The second-order valence-corrected chi connectivity index (χ2v) is 7.81. The van der Waals surface area contributed by atoms with Crippen LogP contribution in [0.3, 0.4) is 0 Å². The van der Waals surface area contributed by atoms with Crippen LogP contribution in [0.15, 0.2) is 27.1 Å². The Morgan fingerprint density at radius 3 is 2.35 bits per heavy atom. The Balaban J connectivity index is 2.13. The summed E-state index contributed by atoms with van der Waals surface area (Å²) in [5.74, 6) is 1.14. The number of benzene rings is 1. The van der Waals surface area contributed by atoms with Crippen LogP contribution < -0.4 is 5.32 Å². The number of amides is 1. The van der Waals surface area contributed by atoms with Crippen molar-refractivity contribution in [3.8, 4) is 0 Å². The van der Waals surface area contributed by atoms with Crippen molar-refractivity contribution in [1.82, 2.24) is 5.32 Å². The van der Waals surface area contributed by atoms with Crippen molar-refractivity contribution in [3.63, 3.8) is 0 Å². The molecule has 0 unspecified atom stereocenters. The fourth-order valence-corrected chi connectivity index (χ4v) is 4.23. The van der Waals surface area contributed by atoms with Gasteiger partial charge in [-0.25, -0.2) is 0 Å². The zero-order chi connectivity index (χ0) is 14.8. The summed E-state index contributed by atoms with van der Waals surface area (Å²) >= 11 is 13.0. The van der Waals surface area contributed by atoms with E-state index in [1.807, 2.05) is 18.2 Å². The van der Waals surface area contributed by atoms with Crippen molar-refractivity contribution >= 4 is 49.4 Å². The topological polar surface area (TPSA) is 29.1 Å². The standard InChI is InChI=1S/C15H18Br2ClNO/c1-10-2-4-15(9-18,5-3-10)19-14(20)11-6-12(16)8-13(17)7-11/h6-8,10H,2-5,9H2,1H3,(H,19,20). The molecule has 0 atom stereocenters. The predicted octanol–water partition coefficient (Wildman–Crippen LogP) is 5.13. The third-order valence-corrected chi connectivity index (χ3v) is 5.42. The Hall–Kier alpha value is -0.0600. The number of carbonyl (C=O) groups excluding carboxylic acids is 1. The molecule has 110 valence electrons. The fraction of sp³-hybridized carbons (Fsp3) is 0.533. The van der Waals surface area contributed by atoms with Crippen LogP contribution in [0, 0.1) is 5.92 Å². The van der Waals surface area contributed by atoms with Gasteiger partial charge in [-0.05, 0) is 49.8 Å². The molecule has 2 rings (SSSR count). The van der Waals surface area contributed by atoms with Gasteiger partial charge >= 0.3 is 0 Å². The van der Waals surface area contributed by atoms with Crippen molar-refractivity contribution < 1.29 is 4.79 Å². The highest BCUT2D eigenvalue weighted by Crippen LogP contribution is 2.33. The first-order chi connectivity index (χ1) is 9.44. The highest BCUT2D eigenvalue weighted by molar-refractivity contribution is 9.11. The molecule has 1 aliphatic carbocycles. The van der Waals surface area contributed by atoms with Crippen LogP contribution in [0.25, 0.3) is 0 Å². The van der Waals surface area contributed by atoms with Crippen molar-refractivity contribution in [3.05, 3.63) is 32.7 Å². The lowest BCUT2D eigenvalue weighted by molar-refractivity contribution is 0.0872. The molecule has 0 saturated heterocycles. The molecule has 1 amide bonds. The van der Waals surface area contributed by atoms with Crippen molar-refractivity contribution in [2.75, 3.05) is 5.88 Å². The summed E-state index contributed by atoms with van der Waals surface area (Å²) in [6, 6.07) is 5.57. The van der Waals surface area contributed by atoms with Crippen molar-refractivity contribution in [1.29, 1.82) is 0 Å². The number of hydrogen-bond donors (Lipinski definition) is 1. The molecule has 20 heavy (non-hydrogen) atoms. The highest BCUT2D eigenvalue weighted by atomic mass is 79.9. The molecule has 0 heterocycles. The first-order valence-corrected chi connectivity index (χ1v) is 8.91. The molecule has 0 aliphatic heterocycles. The van der Waals surface area contributed by atoms with Gasteiger partial charge in [-0.1, -0.05) is 38.8 Å². The van der Waals surface area contributed by atoms with Gasteiger partial charge in [0, 0.05) is 20.4 Å².